The van der Waals surface area contributed by atoms with Gasteiger partial charge in [-0.25, -0.2) is 4.39 Å². The molecule has 1 amide bonds. The number of hydrogen-bond acceptors (Lipinski definition) is 7. The van der Waals surface area contributed by atoms with Crippen molar-refractivity contribution in [2.24, 2.45) is 0 Å². The molecule has 7 nitrogen and oxygen atoms in total. The Kier molecular flexibility index (Phi) is 5.61. The van der Waals surface area contributed by atoms with Crippen molar-refractivity contribution in [2.45, 2.75) is 6.92 Å². The monoisotopic (exact) mass is 420 g/mol. The molecular weight excluding hydrogens is 407 g/mol. The fourth-order valence-corrected chi connectivity index (χ4v) is 3.85. The zero-order chi connectivity index (χ0) is 20.4. The summed E-state index contributed by atoms with van der Waals surface area (Å²) < 4.78 is 19.4. The molecule has 28 heavy (non-hydrogen) atoms. The molecule has 0 unspecified atom stereocenters. The van der Waals surface area contributed by atoms with Crippen LogP contribution in [0.25, 0.3) is 6.08 Å². The van der Waals surface area contributed by atoms with Crippen LogP contribution >= 0.6 is 24.0 Å². The molecule has 144 valence electrons. The Morgan fingerprint density at radius 3 is 2.75 bits per heavy atom. The number of thiocarbonyl (C=S) groups is 1. The van der Waals surface area contributed by atoms with Crippen LogP contribution in [0.1, 0.15) is 12.5 Å². The number of para-hydroxylation sites is 1. The lowest BCUT2D eigenvalue weighted by atomic mass is 10.1. The van der Waals surface area contributed by atoms with E-state index in [1.165, 1.54) is 30.3 Å². The second kappa shape index (κ2) is 7.95. The third-order valence-corrected chi connectivity index (χ3v) is 5.06. The predicted molar refractivity (Wildman–Crippen MR) is 108 cm³/mol. The van der Waals surface area contributed by atoms with Crippen molar-refractivity contribution in [3.05, 3.63) is 62.8 Å². The van der Waals surface area contributed by atoms with Crippen LogP contribution in [0, 0.1) is 15.9 Å². The standard InChI is InChI=1S/C18H13FN2O5S2/c1-2-26-14-8-10(7-13(16(14)22)21(24)25)9-15-17(23)20(18(27)28-15)12-6-4-3-5-11(12)19/h3-9,22H,2H2,1H3/b15-9+. The van der Waals surface area contributed by atoms with Gasteiger partial charge >= 0.3 is 5.69 Å². The Morgan fingerprint density at radius 1 is 1.39 bits per heavy atom. The molecule has 0 radical (unpaired) electrons. The van der Waals surface area contributed by atoms with E-state index in [4.69, 9.17) is 17.0 Å². The molecular formula is C18H13FN2O5S2. The average Bonchev–Trinajstić information content (AvgIpc) is 2.91. The van der Waals surface area contributed by atoms with Crippen LogP contribution < -0.4 is 9.64 Å². The minimum Gasteiger partial charge on any atom is -0.500 e. The van der Waals surface area contributed by atoms with Crippen LogP contribution in [-0.4, -0.2) is 26.9 Å². The number of thioether (sulfide) groups is 1. The van der Waals surface area contributed by atoms with E-state index in [1.54, 1.807) is 13.0 Å². The van der Waals surface area contributed by atoms with Crippen LogP contribution in [0.2, 0.25) is 0 Å². The second-order valence-electron chi connectivity index (χ2n) is 5.55. The maximum atomic E-state index is 14.1. The number of benzene rings is 2. The molecule has 0 saturated carbocycles. The number of carbonyl (C=O) groups excluding carboxylic acids is 1. The number of carbonyl (C=O) groups is 1. The van der Waals surface area contributed by atoms with E-state index in [0.29, 0.717) is 0 Å². The molecule has 1 fully saturated rings. The van der Waals surface area contributed by atoms with E-state index in [1.807, 2.05) is 0 Å². The molecule has 0 atom stereocenters. The number of phenols is 1. The quantitative estimate of drug-likeness (QED) is 0.335. The third kappa shape index (κ3) is 3.69. The lowest BCUT2D eigenvalue weighted by Gasteiger charge is -2.14. The summed E-state index contributed by atoms with van der Waals surface area (Å²) in [5.41, 5.74) is -0.260. The molecule has 0 spiro atoms. The van der Waals surface area contributed by atoms with Crippen LogP contribution in [0.15, 0.2) is 41.3 Å². The van der Waals surface area contributed by atoms with Gasteiger partial charge in [-0.05, 0) is 36.8 Å². The van der Waals surface area contributed by atoms with Crippen LogP contribution in [0.5, 0.6) is 11.5 Å². The van der Waals surface area contributed by atoms with Crippen LogP contribution in [0.3, 0.4) is 0 Å². The number of nitro groups is 1. The molecule has 0 aliphatic carbocycles. The summed E-state index contributed by atoms with van der Waals surface area (Å²) in [6, 6.07) is 8.22. The molecule has 10 heteroatoms. The molecule has 1 N–H and O–H groups in total. The number of ether oxygens (including phenoxy) is 1. The summed E-state index contributed by atoms with van der Waals surface area (Å²) in [6.07, 6.45) is 1.38. The van der Waals surface area contributed by atoms with E-state index in [2.05, 4.69) is 0 Å². The van der Waals surface area contributed by atoms with Crippen molar-refractivity contribution in [3.8, 4) is 11.5 Å². The van der Waals surface area contributed by atoms with Crippen molar-refractivity contribution in [1.82, 2.24) is 0 Å². The van der Waals surface area contributed by atoms with Gasteiger partial charge in [0.1, 0.15) is 5.82 Å². The lowest BCUT2D eigenvalue weighted by molar-refractivity contribution is -0.386. The molecule has 0 bridgehead atoms. The number of amides is 1. The van der Waals surface area contributed by atoms with Gasteiger partial charge in [-0.1, -0.05) is 36.1 Å². The number of rotatable bonds is 5. The normalized spacial score (nSPS) is 15.4. The Balaban J connectivity index is 2.02. The van der Waals surface area contributed by atoms with E-state index in [0.717, 1.165) is 22.7 Å². The maximum Gasteiger partial charge on any atom is 0.315 e. The first-order valence-corrected chi connectivity index (χ1v) is 9.22. The van der Waals surface area contributed by atoms with Gasteiger partial charge in [0.2, 0.25) is 5.75 Å². The highest BCUT2D eigenvalue weighted by Gasteiger charge is 2.35. The molecule has 2 aromatic rings. The first-order chi connectivity index (χ1) is 13.3. The first-order valence-electron chi connectivity index (χ1n) is 8.00. The van der Waals surface area contributed by atoms with Crippen molar-refractivity contribution in [2.75, 3.05) is 11.5 Å². The summed E-state index contributed by atoms with van der Waals surface area (Å²) in [5.74, 6) is -1.82. The van der Waals surface area contributed by atoms with Gasteiger partial charge in [0.25, 0.3) is 5.91 Å². The van der Waals surface area contributed by atoms with Crippen molar-refractivity contribution in [3.63, 3.8) is 0 Å². The molecule has 1 heterocycles. The predicted octanol–water partition coefficient (Wildman–Crippen LogP) is 4.24. The van der Waals surface area contributed by atoms with Crippen molar-refractivity contribution in [1.29, 1.82) is 0 Å². The fraction of sp³-hybridized carbons (Fsp3) is 0.111. The summed E-state index contributed by atoms with van der Waals surface area (Å²) in [6.45, 7) is 1.85. The van der Waals surface area contributed by atoms with E-state index in [9.17, 15) is 24.4 Å². The highest BCUT2D eigenvalue weighted by molar-refractivity contribution is 8.27. The van der Waals surface area contributed by atoms with E-state index < -0.39 is 28.1 Å². The molecule has 1 aliphatic heterocycles. The smallest absolute Gasteiger partial charge is 0.315 e. The Morgan fingerprint density at radius 2 is 2.11 bits per heavy atom. The molecule has 1 aliphatic rings. The highest BCUT2D eigenvalue weighted by Crippen LogP contribution is 2.40. The molecule has 0 aromatic heterocycles. The first kappa shape index (κ1) is 19.8. The average molecular weight is 420 g/mol. The maximum absolute atomic E-state index is 14.1. The summed E-state index contributed by atoms with van der Waals surface area (Å²) in [7, 11) is 0. The van der Waals surface area contributed by atoms with Gasteiger partial charge < -0.3 is 9.84 Å². The number of nitrogens with zero attached hydrogens (tertiary/aromatic N) is 2. The highest BCUT2D eigenvalue weighted by atomic mass is 32.2. The van der Waals surface area contributed by atoms with Gasteiger partial charge in [-0.15, -0.1) is 0 Å². The number of phenolic OH excluding ortho intramolecular Hbond substituents is 1. The number of nitro benzene ring substituents is 1. The Labute approximate surface area is 168 Å². The lowest BCUT2D eigenvalue weighted by Crippen LogP contribution is -2.28. The fourth-order valence-electron chi connectivity index (χ4n) is 2.56. The summed E-state index contributed by atoms with van der Waals surface area (Å²) in [4.78, 5) is 24.4. The second-order valence-corrected chi connectivity index (χ2v) is 7.22. The summed E-state index contributed by atoms with van der Waals surface area (Å²) in [5, 5.41) is 21.1. The zero-order valence-corrected chi connectivity index (χ0v) is 16.1. The van der Waals surface area contributed by atoms with Gasteiger partial charge in [0.15, 0.2) is 10.1 Å². The summed E-state index contributed by atoms with van der Waals surface area (Å²) >= 11 is 6.14. The molecule has 3 rings (SSSR count). The number of aromatic hydroxyl groups is 1. The topological polar surface area (TPSA) is 92.9 Å². The Hall–Kier alpha value is -2.98. The van der Waals surface area contributed by atoms with Crippen molar-refractivity contribution < 1.29 is 24.0 Å². The Bertz CT molecular complexity index is 1030. The largest absolute Gasteiger partial charge is 0.500 e. The minimum absolute atomic E-state index is 0.0279. The van der Waals surface area contributed by atoms with Gasteiger partial charge in [-0.2, -0.15) is 0 Å². The number of anilines is 1. The van der Waals surface area contributed by atoms with Crippen LogP contribution in [-0.2, 0) is 4.79 Å². The van der Waals surface area contributed by atoms with Crippen molar-refractivity contribution >= 4 is 51.7 Å². The SMILES string of the molecule is CCOc1cc(/C=C2/SC(=S)N(c3ccccc3F)C2=O)cc([N+](=O)[O-])c1O. The molecule has 1 saturated heterocycles. The van der Waals surface area contributed by atoms with Gasteiger partial charge in [0.05, 0.1) is 22.1 Å². The third-order valence-electron chi connectivity index (χ3n) is 3.76. The van der Waals surface area contributed by atoms with Gasteiger partial charge in [-0.3, -0.25) is 19.8 Å². The van der Waals surface area contributed by atoms with E-state index in [-0.39, 0.29) is 32.8 Å². The minimum atomic E-state index is -0.750. The van der Waals surface area contributed by atoms with Crippen LogP contribution in [0.4, 0.5) is 15.8 Å². The molecule has 2 aromatic carbocycles. The zero-order valence-electron chi connectivity index (χ0n) is 14.4. The number of halogens is 1. The number of hydrogen-bond donors (Lipinski definition) is 1. The van der Waals surface area contributed by atoms with Gasteiger partial charge in [0, 0.05) is 6.07 Å². The van der Waals surface area contributed by atoms with E-state index >= 15 is 0 Å².